The maximum atomic E-state index is 10.9. The van der Waals surface area contributed by atoms with Gasteiger partial charge in [0.05, 0.1) is 6.26 Å². The maximum Gasteiger partial charge on any atom is 0.377 e. The number of ketones is 1. The molecule has 0 fully saturated rings. The minimum atomic E-state index is -1.58. The van der Waals surface area contributed by atoms with E-state index in [4.69, 9.17) is 0 Å². The van der Waals surface area contributed by atoms with E-state index in [1.54, 1.807) is 0 Å². The van der Waals surface area contributed by atoms with Crippen LogP contribution in [0.4, 0.5) is 0 Å². The Hall–Kier alpha value is -2.18. The molecule has 0 saturated carbocycles. The molecule has 0 atom stereocenters. The highest BCUT2D eigenvalue weighted by Crippen LogP contribution is 2.02. The van der Waals surface area contributed by atoms with Gasteiger partial charge in [0.1, 0.15) is 0 Å². The van der Waals surface area contributed by atoms with Gasteiger partial charge in [-0.25, -0.2) is 4.84 Å². The van der Waals surface area contributed by atoms with Crippen LogP contribution < -0.4 is 0 Å². The fourth-order valence-corrected chi connectivity index (χ4v) is 0.618. The van der Waals surface area contributed by atoms with Crippen molar-refractivity contribution in [2.75, 3.05) is 0 Å². The highest BCUT2D eigenvalue weighted by molar-refractivity contribution is 6.39. The monoisotopic (exact) mass is 185 g/mol. The Balaban J connectivity index is 2.69. The van der Waals surface area contributed by atoms with Crippen molar-refractivity contribution in [3.63, 3.8) is 0 Å². The lowest BCUT2D eigenvalue weighted by molar-refractivity contribution is -0.728. The molecule has 13 heavy (non-hydrogen) atoms. The van der Waals surface area contributed by atoms with Crippen LogP contribution >= 0.6 is 0 Å². The fourth-order valence-electron chi connectivity index (χ4n) is 0.618. The van der Waals surface area contributed by atoms with Gasteiger partial charge in [-0.1, -0.05) is 0 Å². The number of Topliss-reactive ketones (excluding diaryl/α,β-unsaturated/α-hetero) is 1. The molecular weight excluding hydrogens is 182 g/mol. The first-order valence-electron chi connectivity index (χ1n) is 3.06. The topological polar surface area (TPSA) is 99.6 Å². The molecule has 68 valence electrons. The van der Waals surface area contributed by atoms with Crippen LogP contribution in [0.2, 0.25) is 0 Å². The average molecular weight is 185 g/mol. The largest absolute Gasteiger partial charge is 0.461 e. The molecule has 7 nitrogen and oxygen atoms in total. The molecule has 0 amide bonds. The molecule has 0 aliphatic heterocycles. The van der Waals surface area contributed by atoms with Gasteiger partial charge in [-0.05, 0) is 12.1 Å². The van der Waals surface area contributed by atoms with Gasteiger partial charge >= 0.3 is 11.1 Å². The summed E-state index contributed by atoms with van der Waals surface area (Å²) >= 11 is 0. The van der Waals surface area contributed by atoms with Crippen molar-refractivity contribution in [2.45, 2.75) is 0 Å². The SMILES string of the molecule is O=C(O[N+](=O)[O-])C(=O)c1ccco1. The predicted octanol–water partition coefficient (Wildman–Crippen LogP) is 0.197. The summed E-state index contributed by atoms with van der Waals surface area (Å²) in [6.07, 6.45) is 1.16. The van der Waals surface area contributed by atoms with Crippen molar-refractivity contribution in [2.24, 2.45) is 0 Å². The number of hydrogen-bond donors (Lipinski definition) is 0. The van der Waals surface area contributed by atoms with Gasteiger partial charge in [0.2, 0.25) is 0 Å². The Labute approximate surface area is 71.0 Å². The van der Waals surface area contributed by atoms with E-state index in [0.29, 0.717) is 0 Å². The summed E-state index contributed by atoms with van der Waals surface area (Å²) in [5.41, 5.74) is 0. The van der Waals surface area contributed by atoms with E-state index in [1.807, 2.05) is 0 Å². The van der Waals surface area contributed by atoms with Crippen molar-refractivity contribution >= 4 is 11.8 Å². The zero-order valence-corrected chi connectivity index (χ0v) is 6.13. The summed E-state index contributed by atoms with van der Waals surface area (Å²) in [7, 11) is 0. The molecule has 0 aliphatic rings. The van der Waals surface area contributed by atoms with Gasteiger partial charge in [-0.3, -0.25) is 9.59 Å². The molecule has 1 rings (SSSR count). The van der Waals surface area contributed by atoms with Crippen LogP contribution in [0.25, 0.3) is 0 Å². The van der Waals surface area contributed by atoms with Crippen LogP contribution in [0.5, 0.6) is 0 Å². The Bertz CT molecular complexity index is 340. The minimum Gasteiger partial charge on any atom is -0.461 e. The zero-order chi connectivity index (χ0) is 9.84. The Morgan fingerprint density at radius 3 is 2.69 bits per heavy atom. The molecule has 1 aromatic heterocycles. The Morgan fingerprint density at radius 1 is 1.54 bits per heavy atom. The second-order valence-electron chi connectivity index (χ2n) is 1.91. The molecule has 0 unspecified atom stereocenters. The first kappa shape index (κ1) is 8.91. The molecule has 1 aromatic rings. The number of hydrogen-bond acceptors (Lipinski definition) is 6. The highest BCUT2D eigenvalue weighted by Gasteiger charge is 2.22. The highest BCUT2D eigenvalue weighted by atomic mass is 17.0. The van der Waals surface area contributed by atoms with Gasteiger partial charge in [0.15, 0.2) is 5.76 Å². The summed E-state index contributed by atoms with van der Waals surface area (Å²) in [5.74, 6) is -3.08. The van der Waals surface area contributed by atoms with E-state index in [1.165, 1.54) is 12.1 Å². The second kappa shape index (κ2) is 3.48. The molecule has 7 heteroatoms. The van der Waals surface area contributed by atoms with Gasteiger partial charge in [-0.15, -0.1) is 10.1 Å². The third-order valence-electron chi connectivity index (χ3n) is 1.09. The molecule has 1 heterocycles. The molecule has 0 radical (unpaired) electrons. The van der Waals surface area contributed by atoms with E-state index >= 15 is 0 Å². The first-order valence-corrected chi connectivity index (χ1v) is 3.06. The molecule has 0 aromatic carbocycles. The van der Waals surface area contributed by atoms with Crippen molar-refractivity contribution in [3.05, 3.63) is 34.3 Å². The molecule has 0 saturated heterocycles. The van der Waals surface area contributed by atoms with Crippen LogP contribution in [-0.4, -0.2) is 16.8 Å². The lowest BCUT2D eigenvalue weighted by Crippen LogP contribution is -2.20. The van der Waals surface area contributed by atoms with Crippen LogP contribution in [-0.2, 0) is 9.63 Å². The maximum absolute atomic E-state index is 10.9. The van der Waals surface area contributed by atoms with E-state index in [0.717, 1.165) is 6.26 Å². The second-order valence-corrected chi connectivity index (χ2v) is 1.91. The normalized spacial score (nSPS) is 9.23. The van der Waals surface area contributed by atoms with Gasteiger partial charge in [-0.2, -0.15) is 0 Å². The van der Waals surface area contributed by atoms with Crippen LogP contribution in [0, 0.1) is 10.1 Å². The molecule has 0 spiro atoms. The molecule has 0 aliphatic carbocycles. The standard InChI is InChI=1S/C6H3NO6/c8-5(4-2-1-3-12-4)6(9)13-7(10)11/h1-3H. The van der Waals surface area contributed by atoms with Crippen molar-refractivity contribution in [1.29, 1.82) is 0 Å². The minimum absolute atomic E-state index is 0.299. The van der Waals surface area contributed by atoms with E-state index in [2.05, 4.69) is 9.25 Å². The summed E-state index contributed by atoms with van der Waals surface area (Å²) in [4.78, 5) is 34.5. The van der Waals surface area contributed by atoms with Crippen molar-refractivity contribution in [1.82, 2.24) is 0 Å². The third-order valence-corrected chi connectivity index (χ3v) is 1.09. The zero-order valence-electron chi connectivity index (χ0n) is 6.13. The molecular formula is C6H3NO6. The number of carbonyl (C=O) groups excluding carboxylic acids is 2. The Kier molecular flexibility index (Phi) is 2.38. The van der Waals surface area contributed by atoms with Gasteiger partial charge < -0.3 is 4.42 Å². The van der Waals surface area contributed by atoms with Gasteiger partial charge in [0, 0.05) is 0 Å². The van der Waals surface area contributed by atoms with Crippen LogP contribution in [0.15, 0.2) is 22.8 Å². The van der Waals surface area contributed by atoms with E-state index in [9.17, 15) is 19.7 Å². The van der Waals surface area contributed by atoms with Crippen LogP contribution in [0.1, 0.15) is 10.6 Å². The number of rotatable bonds is 3. The summed E-state index contributed by atoms with van der Waals surface area (Å²) in [6, 6.07) is 2.57. The quantitative estimate of drug-likeness (QED) is 0.288. The lowest BCUT2D eigenvalue weighted by atomic mass is 10.3. The Morgan fingerprint density at radius 2 is 2.23 bits per heavy atom. The summed E-state index contributed by atoms with van der Waals surface area (Å²) in [5, 5.41) is 8.31. The fraction of sp³-hybridized carbons (Fsp3) is 0. The van der Waals surface area contributed by atoms with E-state index in [-0.39, 0.29) is 5.76 Å². The molecule has 0 N–H and O–H groups in total. The van der Waals surface area contributed by atoms with Gasteiger partial charge in [0.25, 0.3) is 5.78 Å². The number of furan rings is 1. The smallest absolute Gasteiger partial charge is 0.377 e. The first-order chi connectivity index (χ1) is 6.11. The van der Waals surface area contributed by atoms with Crippen molar-refractivity contribution in [3.8, 4) is 0 Å². The third kappa shape index (κ3) is 2.12. The summed E-state index contributed by atoms with van der Waals surface area (Å²) < 4.78 is 4.53. The lowest BCUT2D eigenvalue weighted by Gasteiger charge is -1.92. The summed E-state index contributed by atoms with van der Waals surface area (Å²) in [6.45, 7) is 0. The number of carbonyl (C=O) groups is 2. The number of nitrogens with zero attached hydrogens (tertiary/aromatic N) is 1. The van der Waals surface area contributed by atoms with Crippen molar-refractivity contribution < 1.29 is 23.9 Å². The molecule has 0 bridgehead atoms. The van der Waals surface area contributed by atoms with Crippen LogP contribution in [0.3, 0.4) is 0 Å². The van der Waals surface area contributed by atoms with E-state index < -0.39 is 16.8 Å². The average Bonchev–Trinajstić information content (AvgIpc) is 2.53. The predicted molar refractivity (Wildman–Crippen MR) is 36.1 cm³/mol.